The van der Waals surface area contributed by atoms with Crippen LogP contribution in [0.5, 0.6) is 0 Å². The Morgan fingerprint density at radius 3 is 2.50 bits per heavy atom. The van der Waals surface area contributed by atoms with Crippen LogP contribution < -0.4 is 5.56 Å². The fourth-order valence-corrected chi connectivity index (χ4v) is 2.15. The van der Waals surface area contributed by atoms with Crippen LogP contribution in [0.2, 0.25) is 0 Å². The number of benzene rings is 1. The van der Waals surface area contributed by atoms with Gasteiger partial charge in [-0.15, -0.1) is 0 Å². The van der Waals surface area contributed by atoms with Crippen molar-refractivity contribution in [2.24, 2.45) is 0 Å². The lowest BCUT2D eigenvalue weighted by Crippen LogP contribution is -2.26. The summed E-state index contributed by atoms with van der Waals surface area (Å²) in [5, 5.41) is 0. The SMILES string of the molecule is Cc1ncn(Cc2ccccc2)c(=O)c1C(C)C. The second-order valence-electron chi connectivity index (χ2n) is 4.82. The smallest absolute Gasteiger partial charge is 0.257 e. The van der Waals surface area contributed by atoms with E-state index in [2.05, 4.69) is 4.98 Å². The normalized spacial score (nSPS) is 10.9. The Bertz CT molecular complexity index is 585. The lowest BCUT2D eigenvalue weighted by Gasteiger charge is -2.12. The van der Waals surface area contributed by atoms with Gasteiger partial charge in [0.2, 0.25) is 0 Å². The molecule has 1 aromatic carbocycles. The molecule has 0 aliphatic heterocycles. The predicted molar refractivity (Wildman–Crippen MR) is 72.9 cm³/mol. The molecule has 0 atom stereocenters. The first kappa shape index (κ1) is 12.6. The number of nitrogens with zero attached hydrogens (tertiary/aromatic N) is 2. The third-order valence-corrected chi connectivity index (χ3v) is 3.04. The van der Waals surface area contributed by atoms with E-state index in [1.54, 1.807) is 10.9 Å². The van der Waals surface area contributed by atoms with E-state index in [9.17, 15) is 4.79 Å². The summed E-state index contributed by atoms with van der Waals surface area (Å²) in [5.41, 5.74) is 2.83. The lowest BCUT2D eigenvalue weighted by molar-refractivity contribution is 0.691. The molecule has 0 unspecified atom stereocenters. The summed E-state index contributed by atoms with van der Waals surface area (Å²) in [7, 11) is 0. The Labute approximate surface area is 107 Å². The number of hydrogen-bond donors (Lipinski definition) is 0. The molecule has 0 radical (unpaired) electrons. The summed E-state index contributed by atoms with van der Waals surface area (Å²) in [5.74, 6) is 0.202. The van der Waals surface area contributed by atoms with Crippen LogP contribution in [0.4, 0.5) is 0 Å². The number of aromatic nitrogens is 2. The van der Waals surface area contributed by atoms with Gasteiger partial charge in [-0.25, -0.2) is 4.98 Å². The number of hydrogen-bond acceptors (Lipinski definition) is 2. The second kappa shape index (κ2) is 5.17. The first-order valence-electron chi connectivity index (χ1n) is 6.19. The highest BCUT2D eigenvalue weighted by Crippen LogP contribution is 2.12. The van der Waals surface area contributed by atoms with Gasteiger partial charge in [0.15, 0.2) is 0 Å². The molecule has 0 N–H and O–H groups in total. The van der Waals surface area contributed by atoms with Crippen LogP contribution in [-0.4, -0.2) is 9.55 Å². The average molecular weight is 242 g/mol. The van der Waals surface area contributed by atoms with E-state index in [-0.39, 0.29) is 11.5 Å². The average Bonchev–Trinajstić information content (AvgIpc) is 2.34. The minimum atomic E-state index is 0.0707. The van der Waals surface area contributed by atoms with Gasteiger partial charge in [-0.3, -0.25) is 9.36 Å². The molecule has 0 spiro atoms. The molecule has 0 saturated heterocycles. The van der Waals surface area contributed by atoms with Crippen LogP contribution in [0.15, 0.2) is 41.5 Å². The minimum absolute atomic E-state index is 0.0707. The standard InChI is InChI=1S/C15H18N2O/c1-11(2)14-12(3)16-10-17(15(14)18)9-13-7-5-4-6-8-13/h4-8,10-11H,9H2,1-3H3. The second-order valence-corrected chi connectivity index (χ2v) is 4.82. The van der Waals surface area contributed by atoms with E-state index in [0.717, 1.165) is 16.8 Å². The highest BCUT2D eigenvalue weighted by atomic mass is 16.1. The summed E-state index contributed by atoms with van der Waals surface area (Å²) in [4.78, 5) is 16.7. The Hall–Kier alpha value is -1.90. The maximum absolute atomic E-state index is 12.4. The van der Waals surface area contributed by atoms with Gasteiger partial charge in [0, 0.05) is 11.3 Å². The monoisotopic (exact) mass is 242 g/mol. The quantitative estimate of drug-likeness (QED) is 0.829. The van der Waals surface area contributed by atoms with E-state index >= 15 is 0 Å². The van der Waals surface area contributed by atoms with Crippen molar-refractivity contribution in [3.05, 3.63) is 63.8 Å². The Balaban J connectivity index is 2.42. The fourth-order valence-electron chi connectivity index (χ4n) is 2.15. The molecule has 2 rings (SSSR count). The zero-order chi connectivity index (χ0) is 13.1. The zero-order valence-electron chi connectivity index (χ0n) is 11.1. The van der Waals surface area contributed by atoms with Crippen LogP contribution in [0.1, 0.15) is 36.6 Å². The Kier molecular flexibility index (Phi) is 3.60. The number of aryl methyl sites for hydroxylation is 1. The summed E-state index contributed by atoms with van der Waals surface area (Å²) in [6.45, 7) is 6.52. The molecule has 0 amide bonds. The third kappa shape index (κ3) is 2.50. The molecule has 0 bridgehead atoms. The van der Waals surface area contributed by atoms with Gasteiger partial charge in [0.25, 0.3) is 5.56 Å². The molecule has 3 heteroatoms. The fraction of sp³-hybridized carbons (Fsp3) is 0.333. The lowest BCUT2D eigenvalue weighted by atomic mass is 10.0. The topological polar surface area (TPSA) is 34.9 Å². The highest BCUT2D eigenvalue weighted by molar-refractivity contribution is 5.21. The van der Waals surface area contributed by atoms with Gasteiger partial charge >= 0.3 is 0 Å². The van der Waals surface area contributed by atoms with Gasteiger partial charge in [-0.1, -0.05) is 44.2 Å². The molecule has 0 aliphatic carbocycles. The largest absolute Gasteiger partial charge is 0.295 e. The minimum Gasteiger partial charge on any atom is -0.295 e. The van der Waals surface area contributed by atoms with E-state index in [0.29, 0.717) is 6.54 Å². The molecule has 0 saturated carbocycles. The van der Waals surface area contributed by atoms with Crippen molar-refractivity contribution in [1.29, 1.82) is 0 Å². The Morgan fingerprint density at radius 1 is 1.22 bits per heavy atom. The van der Waals surface area contributed by atoms with E-state index in [1.165, 1.54) is 0 Å². The van der Waals surface area contributed by atoms with Gasteiger partial charge < -0.3 is 0 Å². The summed E-state index contributed by atoms with van der Waals surface area (Å²) >= 11 is 0. The van der Waals surface area contributed by atoms with Gasteiger partial charge in [0.05, 0.1) is 12.9 Å². The maximum atomic E-state index is 12.4. The molecular weight excluding hydrogens is 224 g/mol. The summed E-state index contributed by atoms with van der Waals surface area (Å²) in [6.07, 6.45) is 1.64. The van der Waals surface area contributed by atoms with Crippen LogP contribution >= 0.6 is 0 Å². The van der Waals surface area contributed by atoms with Gasteiger partial charge in [0.1, 0.15) is 0 Å². The van der Waals surface area contributed by atoms with E-state index in [1.807, 2.05) is 51.1 Å². The van der Waals surface area contributed by atoms with Crippen LogP contribution in [0, 0.1) is 6.92 Å². The number of rotatable bonds is 3. The van der Waals surface area contributed by atoms with Crippen LogP contribution in [0.3, 0.4) is 0 Å². The molecule has 0 aliphatic rings. The molecule has 1 heterocycles. The van der Waals surface area contributed by atoms with Crippen molar-refractivity contribution in [3.8, 4) is 0 Å². The first-order chi connectivity index (χ1) is 8.59. The third-order valence-electron chi connectivity index (χ3n) is 3.04. The van der Waals surface area contributed by atoms with Crippen LogP contribution in [-0.2, 0) is 6.54 Å². The molecule has 1 aromatic heterocycles. The van der Waals surface area contributed by atoms with Crippen molar-refractivity contribution in [3.63, 3.8) is 0 Å². The summed E-state index contributed by atoms with van der Waals surface area (Å²) in [6, 6.07) is 9.96. The van der Waals surface area contributed by atoms with Crippen LogP contribution in [0.25, 0.3) is 0 Å². The molecule has 18 heavy (non-hydrogen) atoms. The maximum Gasteiger partial charge on any atom is 0.257 e. The van der Waals surface area contributed by atoms with Crippen molar-refractivity contribution in [2.45, 2.75) is 33.2 Å². The van der Waals surface area contributed by atoms with Crippen molar-refractivity contribution >= 4 is 0 Å². The molecule has 3 nitrogen and oxygen atoms in total. The van der Waals surface area contributed by atoms with E-state index < -0.39 is 0 Å². The molecule has 2 aromatic rings. The highest BCUT2D eigenvalue weighted by Gasteiger charge is 2.12. The van der Waals surface area contributed by atoms with Gasteiger partial charge in [-0.05, 0) is 18.4 Å². The first-order valence-corrected chi connectivity index (χ1v) is 6.19. The predicted octanol–water partition coefficient (Wildman–Crippen LogP) is 2.72. The molecule has 94 valence electrons. The van der Waals surface area contributed by atoms with Crippen molar-refractivity contribution in [1.82, 2.24) is 9.55 Å². The molecule has 0 fully saturated rings. The van der Waals surface area contributed by atoms with Crippen molar-refractivity contribution < 1.29 is 0 Å². The van der Waals surface area contributed by atoms with Gasteiger partial charge in [-0.2, -0.15) is 0 Å². The molecular formula is C15H18N2O. The van der Waals surface area contributed by atoms with E-state index in [4.69, 9.17) is 0 Å². The van der Waals surface area contributed by atoms with Crippen molar-refractivity contribution in [2.75, 3.05) is 0 Å². The summed E-state index contributed by atoms with van der Waals surface area (Å²) < 4.78 is 1.68. The zero-order valence-corrected chi connectivity index (χ0v) is 11.1. The Morgan fingerprint density at radius 2 is 1.89 bits per heavy atom.